The van der Waals surface area contributed by atoms with Gasteiger partial charge in [0.15, 0.2) is 11.6 Å². The molecule has 3 aliphatic rings. The van der Waals surface area contributed by atoms with Crippen LogP contribution >= 0.6 is 0 Å². The molecule has 1 unspecified atom stereocenters. The highest BCUT2D eigenvalue weighted by atomic mass is 32.2. The van der Waals surface area contributed by atoms with Gasteiger partial charge in [-0.05, 0) is 80.5 Å². The normalized spacial score (nSPS) is 20.7. The lowest BCUT2D eigenvalue weighted by Gasteiger charge is -2.43. The van der Waals surface area contributed by atoms with E-state index in [1.807, 2.05) is 30.3 Å². The van der Waals surface area contributed by atoms with E-state index in [0.717, 1.165) is 37.0 Å². The molecule has 282 valence electrons. The van der Waals surface area contributed by atoms with Gasteiger partial charge in [0.2, 0.25) is 21.8 Å². The predicted molar refractivity (Wildman–Crippen MR) is 193 cm³/mol. The van der Waals surface area contributed by atoms with Crippen molar-refractivity contribution >= 4 is 21.8 Å². The maximum absolute atomic E-state index is 14.9. The van der Waals surface area contributed by atoms with Crippen LogP contribution in [0.3, 0.4) is 0 Å². The Morgan fingerprint density at radius 1 is 1.04 bits per heavy atom. The molecule has 1 aliphatic heterocycles. The third-order valence-electron chi connectivity index (χ3n) is 10.2. The molecule has 1 saturated carbocycles. The molecule has 0 aromatic heterocycles. The molecule has 2 aliphatic carbocycles. The SMILES string of the molecule is CCN(CC1=C(C2=CC=C(F)C(C)C2)S(=O)(=O)N(Cc2ccccc2)C12CCCCC2)C(=O)[C@@H](COCc1ccc(F)c(F)c1)NC(=O)C(C)(C)N. The summed E-state index contributed by atoms with van der Waals surface area (Å²) in [7, 11) is -4.13. The fourth-order valence-corrected chi connectivity index (χ4v) is 9.66. The molecular weight excluding hydrogens is 694 g/mol. The molecule has 0 saturated heterocycles. The van der Waals surface area contributed by atoms with Crippen molar-refractivity contribution in [2.75, 3.05) is 19.7 Å². The first kappa shape index (κ1) is 39.4. The van der Waals surface area contributed by atoms with Gasteiger partial charge < -0.3 is 20.7 Å². The highest BCUT2D eigenvalue weighted by Gasteiger charge is 2.56. The number of sulfonamides is 1. The summed E-state index contributed by atoms with van der Waals surface area (Å²) in [4.78, 5) is 29.2. The van der Waals surface area contributed by atoms with Crippen molar-refractivity contribution in [3.63, 3.8) is 0 Å². The van der Waals surface area contributed by atoms with Crippen molar-refractivity contribution in [3.8, 4) is 0 Å². The number of nitrogens with two attached hydrogens (primary N) is 1. The largest absolute Gasteiger partial charge is 0.374 e. The van der Waals surface area contributed by atoms with Crippen LogP contribution in [0, 0.1) is 17.6 Å². The molecule has 3 N–H and O–H groups in total. The molecule has 1 fully saturated rings. The molecule has 2 aromatic rings. The summed E-state index contributed by atoms with van der Waals surface area (Å²) in [6.45, 7) is 6.21. The van der Waals surface area contributed by atoms with E-state index in [9.17, 15) is 31.2 Å². The van der Waals surface area contributed by atoms with Gasteiger partial charge in [-0.2, -0.15) is 4.31 Å². The van der Waals surface area contributed by atoms with E-state index in [0.29, 0.717) is 29.6 Å². The molecule has 13 heteroatoms. The minimum absolute atomic E-state index is 0.0608. The minimum Gasteiger partial charge on any atom is -0.374 e. The summed E-state index contributed by atoms with van der Waals surface area (Å²) in [5, 5.41) is 2.70. The highest BCUT2D eigenvalue weighted by molar-refractivity contribution is 7.93. The number of likely N-dealkylation sites (N-methyl/N-ethyl adjacent to an activating group) is 1. The number of hydrogen-bond donors (Lipinski definition) is 2. The quantitative estimate of drug-likeness (QED) is 0.253. The zero-order valence-corrected chi connectivity index (χ0v) is 31.1. The van der Waals surface area contributed by atoms with Crippen molar-refractivity contribution in [2.24, 2.45) is 11.7 Å². The van der Waals surface area contributed by atoms with Crippen molar-refractivity contribution in [3.05, 3.63) is 105 Å². The Labute approximate surface area is 304 Å². The van der Waals surface area contributed by atoms with Gasteiger partial charge in [-0.15, -0.1) is 0 Å². The molecule has 2 atom stereocenters. The van der Waals surface area contributed by atoms with Gasteiger partial charge in [0.1, 0.15) is 11.9 Å². The molecule has 2 aromatic carbocycles. The fraction of sp³-hybridized carbons (Fsp3) is 0.487. The molecule has 52 heavy (non-hydrogen) atoms. The first-order chi connectivity index (χ1) is 24.6. The van der Waals surface area contributed by atoms with E-state index in [1.165, 1.54) is 30.9 Å². The molecule has 5 rings (SSSR count). The maximum atomic E-state index is 14.9. The number of halogens is 3. The van der Waals surface area contributed by atoms with E-state index < -0.39 is 56.5 Å². The lowest BCUT2D eigenvalue weighted by molar-refractivity contribution is -0.139. The van der Waals surface area contributed by atoms with Crippen LogP contribution in [0.2, 0.25) is 0 Å². The van der Waals surface area contributed by atoms with Gasteiger partial charge in [-0.1, -0.05) is 68.7 Å². The Balaban J connectivity index is 1.55. The predicted octanol–water partition coefficient (Wildman–Crippen LogP) is 6.17. The fourth-order valence-electron chi connectivity index (χ4n) is 7.32. The first-order valence-electron chi connectivity index (χ1n) is 17.9. The summed E-state index contributed by atoms with van der Waals surface area (Å²) in [6, 6.07) is 11.5. The smallest absolute Gasteiger partial charge is 0.247 e. The number of carbonyl (C=O) groups excluding carboxylic acids is 2. The number of nitrogens with zero attached hydrogens (tertiary/aromatic N) is 2. The lowest BCUT2D eigenvalue weighted by atomic mass is 9.74. The second kappa shape index (κ2) is 16.1. The highest BCUT2D eigenvalue weighted by Crippen LogP contribution is 2.53. The van der Waals surface area contributed by atoms with Crippen LogP contribution < -0.4 is 11.1 Å². The third-order valence-corrected chi connectivity index (χ3v) is 12.3. The van der Waals surface area contributed by atoms with Crippen LogP contribution in [0.15, 0.2) is 82.6 Å². The van der Waals surface area contributed by atoms with Gasteiger partial charge >= 0.3 is 0 Å². The van der Waals surface area contributed by atoms with Crippen LogP contribution in [0.1, 0.15) is 77.3 Å². The second-order valence-corrected chi connectivity index (χ2v) is 16.4. The number of benzene rings is 2. The molecule has 0 bridgehead atoms. The topological polar surface area (TPSA) is 122 Å². The van der Waals surface area contributed by atoms with E-state index >= 15 is 0 Å². The molecule has 0 radical (unpaired) electrons. The zero-order chi connectivity index (χ0) is 37.8. The minimum atomic E-state index is -4.13. The van der Waals surface area contributed by atoms with Crippen molar-refractivity contribution < 1.29 is 35.9 Å². The van der Waals surface area contributed by atoms with Gasteiger partial charge in [0, 0.05) is 25.6 Å². The number of carbonyl (C=O) groups is 2. The number of nitrogens with one attached hydrogen (secondary N) is 1. The summed E-state index contributed by atoms with van der Waals surface area (Å²) in [5.41, 5.74) is 6.02. The average molecular weight is 743 g/mol. The van der Waals surface area contributed by atoms with E-state index in [2.05, 4.69) is 5.32 Å². The second-order valence-electron chi connectivity index (χ2n) is 14.6. The standard InChI is InChI=1S/C39H49F3N4O5S/c1-5-45(36(47)34(44-37(48)38(3,4)43)25-51-24-28-14-16-32(41)33(42)21-28)23-30-35(29-15-17-31(40)26(2)20-29)52(49,50)46(22-27-12-8-6-9-13-27)39(30)18-10-7-11-19-39/h6,8-9,12-17,21,26,34H,5,7,10-11,18-20,22-25,43H2,1-4H3,(H,44,48)/t26?,34-/m1/s1. The average Bonchev–Trinajstić information content (AvgIpc) is 3.27. The summed E-state index contributed by atoms with van der Waals surface area (Å²) in [6.07, 6.45) is 6.65. The van der Waals surface area contributed by atoms with Crippen LogP contribution in [-0.4, -0.2) is 66.3 Å². The first-order valence-corrected chi connectivity index (χ1v) is 19.3. The number of allylic oxidation sites excluding steroid dienone is 4. The van der Waals surface area contributed by atoms with Gasteiger partial charge in [0.05, 0.1) is 29.2 Å². The Kier molecular flexibility index (Phi) is 12.2. The van der Waals surface area contributed by atoms with Crippen molar-refractivity contribution in [2.45, 2.75) is 96.5 Å². The molecule has 2 amide bonds. The number of hydrogen-bond acceptors (Lipinski definition) is 6. The third kappa shape index (κ3) is 8.38. The van der Waals surface area contributed by atoms with E-state index in [1.54, 1.807) is 24.2 Å². The number of ether oxygens (including phenoxy) is 1. The Bertz CT molecular complexity index is 1850. The number of amides is 2. The van der Waals surface area contributed by atoms with E-state index in [-0.39, 0.29) is 50.0 Å². The maximum Gasteiger partial charge on any atom is 0.247 e. The monoisotopic (exact) mass is 742 g/mol. The van der Waals surface area contributed by atoms with Crippen LogP contribution in [0.4, 0.5) is 13.2 Å². The Morgan fingerprint density at radius 3 is 2.35 bits per heavy atom. The van der Waals surface area contributed by atoms with Crippen LogP contribution in [0.5, 0.6) is 0 Å². The summed E-state index contributed by atoms with van der Waals surface area (Å²) >= 11 is 0. The van der Waals surface area contributed by atoms with Gasteiger partial charge in [-0.25, -0.2) is 21.6 Å². The Morgan fingerprint density at radius 2 is 1.73 bits per heavy atom. The molecule has 1 heterocycles. The van der Waals surface area contributed by atoms with Crippen molar-refractivity contribution in [1.29, 1.82) is 0 Å². The van der Waals surface area contributed by atoms with E-state index in [4.69, 9.17) is 10.5 Å². The number of rotatable bonds is 13. The van der Waals surface area contributed by atoms with Crippen molar-refractivity contribution in [1.82, 2.24) is 14.5 Å². The van der Waals surface area contributed by atoms with Gasteiger partial charge in [0.25, 0.3) is 0 Å². The van der Waals surface area contributed by atoms with Crippen LogP contribution in [0.25, 0.3) is 0 Å². The van der Waals surface area contributed by atoms with Gasteiger partial charge in [-0.3, -0.25) is 9.59 Å². The molecular formula is C39H49F3N4O5S. The Hall–Kier alpha value is -3.78. The zero-order valence-electron chi connectivity index (χ0n) is 30.3. The summed E-state index contributed by atoms with van der Waals surface area (Å²) < 4.78 is 79.2. The van der Waals surface area contributed by atoms with Crippen LogP contribution in [-0.2, 0) is 37.5 Å². The molecule has 1 spiro atoms. The lowest BCUT2D eigenvalue weighted by Crippen LogP contribution is -2.58. The summed E-state index contributed by atoms with van der Waals surface area (Å²) in [5.74, 6) is -4.05. The molecule has 9 nitrogen and oxygen atoms in total.